The van der Waals surface area contributed by atoms with Gasteiger partial charge >= 0.3 is 0 Å². The highest BCUT2D eigenvalue weighted by atomic mass is 16.8. The summed E-state index contributed by atoms with van der Waals surface area (Å²) < 4.78 is 10.9. The molecule has 0 aromatic heterocycles. The van der Waals surface area contributed by atoms with Crippen LogP contribution in [-0.2, 0) is 9.47 Å². The first-order valence-corrected chi connectivity index (χ1v) is 3.42. The molecule has 0 radical (unpaired) electrons. The second kappa shape index (κ2) is 1.76. The fraction of sp³-hybridized carbons (Fsp3) is 0.750. The van der Waals surface area contributed by atoms with Crippen LogP contribution in [0.4, 0.5) is 0 Å². The molecule has 0 aromatic carbocycles. The first kappa shape index (κ1) is 7.61. The van der Waals surface area contributed by atoms with Crippen molar-refractivity contribution < 1.29 is 9.47 Å². The lowest BCUT2D eigenvalue weighted by Gasteiger charge is -2.18. The van der Waals surface area contributed by atoms with Gasteiger partial charge in [-0.05, 0) is 13.8 Å². The second-order valence-electron chi connectivity index (χ2n) is 3.54. The van der Waals surface area contributed by atoms with Gasteiger partial charge < -0.3 is 9.47 Å². The Kier molecular flexibility index (Phi) is 1.34. The minimum absolute atomic E-state index is 0.330. The second-order valence-corrected chi connectivity index (χ2v) is 3.54. The van der Waals surface area contributed by atoms with Crippen LogP contribution >= 0.6 is 0 Å². The van der Waals surface area contributed by atoms with Crippen molar-refractivity contribution in [2.24, 2.45) is 0 Å². The molecule has 0 aromatic rings. The lowest BCUT2D eigenvalue weighted by molar-refractivity contribution is -0.151. The minimum atomic E-state index is -0.499. The Bertz CT molecular complexity index is 168. The van der Waals surface area contributed by atoms with Crippen molar-refractivity contribution in [3.05, 3.63) is 12.3 Å². The van der Waals surface area contributed by atoms with Crippen molar-refractivity contribution in [1.29, 1.82) is 0 Å². The smallest absolute Gasteiger partial charge is 0.205 e. The van der Waals surface area contributed by atoms with Crippen LogP contribution in [0, 0.1) is 0 Å². The standard InChI is InChI=1S/C8H14O2/c1-6-7(2,3)10-8(4,5)9-6/h1H2,2-5H3. The number of rotatable bonds is 0. The molecule has 0 bridgehead atoms. The van der Waals surface area contributed by atoms with Crippen LogP contribution in [0.25, 0.3) is 0 Å². The molecule has 0 saturated carbocycles. The lowest BCUT2D eigenvalue weighted by Crippen LogP contribution is -2.26. The van der Waals surface area contributed by atoms with Crippen LogP contribution in [-0.4, -0.2) is 11.4 Å². The molecule has 0 unspecified atom stereocenters. The van der Waals surface area contributed by atoms with E-state index < -0.39 is 5.79 Å². The summed E-state index contributed by atoms with van der Waals surface area (Å²) in [5.74, 6) is 0.207. The fourth-order valence-electron chi connectivity index (χ4n) is 1.11. The van der Waals surface area contributed by atoms with Crippen molar-refractivity contribution in [2.75, 3.05) is 0 Å². The fourth-order valence-corrected chi connectivity index (χ4v) is 1.11. The van der Waals surface area contributed by atoms with E-state index in [0.29, 0.717) is 5.76 Å². The van der Waals surface area contributed by atoms with Crippen molar-refractivity contribution in [2.45, 2.75) is 39.1 Å². The summed E-state index contributed by atoms with van der Waals surface area (Å²) in [6, 6.07) is 0. The van der Waals surface area contributed by atoms with Crippen LogP contribution in [0.1, 0.15) is 27.7 Å². The highest BCUT2D eigenvalue weighted by Gasteiger charge is 2.42. The molecule has 10 heavy (non-hydrogen) atoms. The predicted molar refractivity (Wildman–Crippen MR) is 39.5 cm³/mol. The van der Waals surface area contributed by atoms with Crippen LogP contribution in [0.15, 0.2) is 12.3 Å². The number of ether oxygens (including phenoxy) is 2. The van der Waals surface area contributed by atoms with E-state index in [4.69, 9.17) is 9.47 Å². The molecule has 0 N–H and O–H groups in total. The molecule has 1 saturated heterocycles. The molecular weight excluding hydrogens is 128 g/mol. The molecule has 0 atom stereocenters. The first-order valence-electron chi connectivity index (χ1n) is 3.42. The Morgan fingerprint density at radius 1 is 1.20 bits per heavy atom. The van der Waals surface area contributed by atoms with Crippen molar-refractivity contribution in [3.8, 4) is 0 Å². The zero-order valence-electron chi connectivity index (χ0n) is 7.02. The average molecular weight is 142 g/mol. The molecule has 2 heteroatoms. The molecular formula is C8H14O2. The van der Waals surface area contributed by atoms with E-state index in [9.17, 15) is 0 Å². The maximum atomic E-state index is 5.53. The maximum absolute atomic E-state index is 5.53. The Morgan fingerprint density at radius 2 is 1.70 bits per heavy atom. The van der Waals surface area contributed by atoms with E-state index in [1.54, 1.807) is 0 Å². The quantitative estimate of drug-likeness (QED) is 0.515. The highest BCUT2D eigenvalue weighted by molar-refractivity contribution is 5.06. The van der Waals surface area contributed by atoms with E-state index in [1.807, 2.05) is 27.7 Å². The molecule has 0 amide bonds. The lowest BCUT2D eigenvalue weighted by atomic mass is 10.1. The first-order chi connectivity index (χ1) is 4.33. The summed E-state index contributed by atoms with van der Waals surface area (Å²) in [6.45, 7) is 11.4. The molecule has 1 aliphatic heterocycles. The Labute approximate surface area is 61.8 Å². The molecule has 1 fully saturated rings. The van der Waals surface area contributed by atoms with Gasteiger partial charge in [-0.2, -0.15) is 0 Å². The zero-order chi connectivity index (χ0) is 7.99. The summed E-state index contributed by atoms with van der Waals surface area (Å²) in [7, 11) is 0. The van der Waals surface area contributed by atoms with Gasteiger partial charge in [-0.25, -0.2) is 0 Å². The van der Waals surface area contributed by atoms with Gasteiger partial charge in [0.1, 0.15) is 11.4 Å². The van der Waals surface area contributed by atoms with Gasteiger partial charge in [-0.3, -0.25) is 0 Å². The van der Waals surface area contributed by atoms with Crippen molar-refractivity contribution >= 4 is 0 Å². The molecule has 0 aliphatic carbocycles. The SMILES string of the molecule is C=C1OC(C)(C)OC1(C)C. The Hall–Kier alpha value is -0.500. The molecule has 1 heterocycles. The van der Waals surface area contributed by atoms with Gasteiger partial charge in [-0.15, -0.1) is 0 Å². The Morgan fingerprint density at radius 3 is 1.80 bits per heavy atom. The van der Waals surface area contributed by atoms with E-state index in [-0.39, 0.29) is 5.60 Å². The number of hydrogen-bond acceptors (Lipinski definition) is 2. The van der Waals surface area contributed by atoms with Crippen LogP contribution in [0.5, 0.6) is 0 Å². The predicted octanol–water partition coefficient (Wildman–Crippen LogP) is 2.06. The summed E-state index contributed by atoms with van der Waals surface area (Å²) >= 11 is 0. The van der Waals surface area contributed by atoms with E-state index >= 15 is 0 Å². The minimum Gasteiger partial charge on any atom is -0.465 e. The van der Waals surface area contributed by atoms with Gasteiger partial charge in [0.2, 0.25) is 5.79 Å². The molecule has 58 valence electrons. The van der Waals surface area contributed by atoms with Gasteiger partial charge in [0, 0.05) is 13.8 Å². The molecule has 1 aliphatic rings. The topological polar surface area (TPSA) is 18.5 Å². The van der Waals surface area contributed by atoms with Gasteiger partial charge in [-0.1, -0.05) is 6.58 Å². The third kappa shape index (κ3) is 1.16. The van der Waals surface area contributed by atoms with Crippen LogP contribution < -0.4 is 0 Å². The molecule has 1 rings (SSSR count). The molecule has 0 spiro atoms. The van der Waals surface area contributed by atoms with Crippen molar-refractivity contribution in [3.63, 3.8) is 0 Å². The van der Waals surface area contributed by atoms with Gasteiger partial charge in [0.05, 0.1) is 0 Å². The normalized spacial score (nSPS) is 28.2. The van der Waals surface area contributed by atoms with E-state index in [2.05, 4.69) is 6.58 Å². The summed E-state index contributed by atoms with van der Waals surface area (Å²) in [4.78, 5) is 0. The largest absolute Gasteiger partial charge is 0.465 e. The molecule has 2 nitrogen and oxygen atoms in total. The van der Waals surface area contributed by atoms with Crippen molar-refractivity contribution in [1.82, 2.24) is 0 Å². The van der Waals surface area contributed by atoms with Crippen LogP contribution in [0.2, 0.25) is 0 Å². The van der Waals surface area contributed by atoms with Gasteiger partial charge in [0.15, 0.2) is 0 Å². The highest BCUT2D eigenvalue weighted by Crippen LogP contribution is 2.37. The monoisotopic (exact) mass is 142 g/mol. The van der Waals surface area contributed by atoms with Gasteiger partial charge in [0.25, 0.3) is 0 Å². The number of hydrogen-bond donors (Lipinski definition) is 0. The van der Waals surface area contributed by atoms with E-state index in [0.717, 1.165) is 0 Å². The summed E-state index contributed by atoms with van der Waals surface area (Å²) in [6.07, 6.45) is 0. The average Bonchev–Trinajstić information content (AvgIpc) is 1.73. The van der Waals surface area contributed by atoms with Crippen LogP contribution in [0.3, 0.4) is 0 Å². The maximum Gasteiger partial charge on any atom is 0.205 e. The summed E-state index contributed by atoms with van der Waals surface area (Å²) in [5.41, 5.74) is -0.330. The van der Waals surface area contributed by atoms with E-state index in [1.165, 1.54) is 0 Å². The summed E-state index contributed by atoms with van der Waals surface area (Å²) in [5, 5.41) is 0. The third-order valence-corrected chi connectivity index (χ3v) is 1.54. The zero-order valence-corrected chi connectivity index (χ0v) is 7.02. The Balaban J connectivity index is 2.81. The third-order valence-electron chi connectivity index (χ3n) is 1.54.